The number of rotatable bonds is 1. The van der Waals surface area contributed by atoms with E-state index >= 15 is 0 Å². The Bertz CT molecular complexity index is 1030. The molecule has 21 heavy (non-hydrogen) atoms. The number of terminal acetylenes is 1. The predicted octanol–water partition coefficient (Wildman–Crippen LogP) is 4.50. The fraction of sp³-hybridized carbons (Fsp3) is 0.0526. The lowest BCUT2D eigenvalue weighted by Crippen LogP contribution is -1.94. The van der Waals surface area contributed by atoms with Crippen LogP contribution in [0.2, 0.25) is 0 Å². The molecule has 0 spiro atoms. The van der Waals surface area contributed by atoms with Gasteiger partial charge in [0.25, 0.3) is 0 Å². The van der Waals surface area contributed by atoms with Crippen LogP contribution in [0.15, 0.2) is 48.5 Å². The summed E-state index contributed by atoms with van der Waals surface area (Å²) >= 11 is 0. The van der Waals surface area contributed by atoms with E-state index in [2.05, 4.69) is 58.7 Å². The minimum Gasteiger partial charge on any atom is -0.387 e. The van der Waals surface area contributed by atoms with Crippen LogP contribution in [-0.4, -0.2) is 12.0 Å². The standard InChI is InChI=1S/C19H14N2/c1-3-12-8-9-16-15(18(12)20-2)11-10-14-13-6-4-5-7-17(13)21-19(14)16/h1,4-11,20-21H,2H3. The molecule has 100 valence electrons. The van der Waals surface area contributed by atoms with E-state index in [0.29, 0.717) is 0 Å². The third-order valence-corrected chi connectivity index (χ3v) is 4.08. The molecule has 0 radical (unpaired) electrons. The lowest BCUT2D eigenvalue weighted by atomic mass is 10.0. The van der Waals surface area contributed by atoms with E-state index in [1.54, 1.807) is 0 Å². The van der Waals surface area contributed by atoms with Crippen LogP contribution >= 0.6 is 0 Å². The number of H-pyrrole nitrogens is 1. The van der Waals surface area contributed by atoms with Gasteiger partial charge in [0.15, 0.2) is 0 Å². The SMILES string of the molecule is C#Cc1ccc2c(ccc3c4ccccc4[nH]c23)c1NC. The average Bonchev–Trinajstić information content (AvgIpc) is 2.92. The maximum atomic E-state index is 5.59. The molecule has 3 aromatic carbocycles. The van der Waals surface area contributed by atoms with Crippen molar-refractivity contribution in [1.29, 1.82) is 0 Å². The van der Waals surface area contributed by atoms with Crippen LogP contribution in [0.4, 0.5) is 5.69 Å². The first-order valence-corrected chi connectivity index (χ1v) is 6.94. The van der Waals surface area contributed by atoms with Crippen LogP contribution in [0, 0.1) is 12.3 Å². The topological polar surface area (TPSA) is 27.8 Å². The molecule has 0 atom stereocenters. The average molecular weight is 270 g/mol. The monoisotopic (exact) mass is 270 g/mol. The Morgan fingerprint density at radius 1 is 0.905 bits per heavy atom. The van der Waals surface area contributed by atoms with Crippen molar-refractivity contribution in [3.8, 4) is 12.3 Å². The summed E-state index contributed by atoms with van der Waals surface area (Å²) in [6.07, 6.45) is 5.59. The van der Waals surface area contributed by atoms with Gasteiger partial charge in [-0.3, -0.25) is 0 Å². The van der Waals surface area contributed by atoms with E-state index in [1.165, 1.54) is 16.2 Å². The van der Waals surface area contributed by atoms with Crippen molar-refractivity contribution >= 4 is 38.3 Å². The van der Waals surface area contributed by atoms with Gasteiger partial charge in [0.1, 0.15) is 0 Å². The van der Waals surface area contributed by atoms with Crippen molar-refractivity contribution in [1.82, 2.24) is 4.98 Å². The third kappa shape index (κ3) is 1.55. The first-order chi connectivity index (χ1) is 10.3. The van der Waals surface area contributed by atoms with Crippen molar-refractivity contribution in [3.05, 3.63) is 54.1 Å². The number of aromatic nitrogens is 1. The molecular weight excluding hydrogens is 256 g/mol. The number of anilines is 1. The molecule has 4 aromatic rings. The minimum atomic E-state index is 0.889. The summed E-state index contributed by atoms with van der Waals surface area (Å²) in [4.78, 5) is 3.53. The molecule has 2 heteroatoms. The van der Waals surface area contributed by atoms with Crippen LogP contribution < -0.4 is 5.32 Å². The summed E-state index contributed by atoms with van der Waals surface area (Å²) in [6.45, 7) is 0. The summed E-state index contributed by atoms with van der Waals surface area (Å²) in [7, 11) is 1.91. The molecule has 0 unspecified atom stereocenters. The number of hydrogen-bond acceptors (Lipinski definition) is 1. The van der Waals surface area contributed by atoms with Gasteiger partial charge in [-0.1, -0.05) is 42.3 Å². The second-order valence-electron chi connectivity index (χ2n) is 5.14. The smallest absolute Gasteiger partial charge is 0.0577 e. The van der Waals surface area contributed by atoms with E-state index in [4.69, 9.17) is 6.42 Å². The largest absolute Gasteiger partial charge is 0.387 e. The van der Waals surface area contributed by atoms with E-state index < -0.39 is 0 Å². The highest BCUT2D eigenvalue weighted by Gasteiger charge is 2.10. The Morgan fingerprint density at radius 2 is 1.62 bits per heavy atom. The van der Waals surface area contributed by atoms with Gasteiger partial charge in [0.05, 0.1) is 11.2 Å². The zero-order valence-electron chi connectivity index (χ0n) is 11.7. The van der Waals surface area contributed by atoms with E-state index in [9.17, 15) is 0 Å². The Morgan fingerprint density at radius 3 is 2.43 bits per heavy atom. The highest BCUT2D eigenvalue weighted by atomic mass is 14.8. The number of hydrogen-bond donors (Lipinski definition) is 2. The van der Waals surface area contributed by atoms with Gasteiger partial charge < -0.3 is 10.3 Å². The summed E-state index contributed by atoms with van der Waals surface area (Å²) in [6, 6.07) is 16.8. The lowest BCUT2D eigenvalue weighted by molar-refractivity contribution is 1.52. The van der Waals surface area contributed by atoms with Crippen molar-refractivity contribution in [3.63, 3.8) is 0 Å². The van der Waals surface area contributed by atoms with Crippen molar-refractivity contribution in [2.45, 2.75) is 0 Å². The Kier molecular flexibility index (Phi) is 2.43. The van der Waals surface area contributed by atoms with Crippen LogP contribution in [0.25, 0.3) is 32.6 Å². The Labute approximate surface area is 122 Å². The summed E-state index contributed by atoms with van der Waals surface area (Å²) < 4.78 is 0. The maximum absolute atomic E-state index is 5.59. The van der Waals surface area contributed by atoms with Gasteiger partial charge in [0.2, 0.25) is 0 Å². The van der Waals surface area contributed by atoms with Crippen molar-refractivity contribution < 1.29 is 0 Å². The Hall–Kier alpha value is -2.92. The lowest BCUT2D eigenvalue weighted by Gasteiger charge is -2.09. The van der Waals surface area contributed by atoms with Crippen molar-refractivity contribution in [2.75, 3.05) is 12.4 Å². The highest BCUT2D eigenvalue weighted by Crippen LogP contribution is 2.35. The fourth-order valence-corrected chi connectivity index (χ4v) is 3.12. The first-order valence-electron chi connectivity index (χ1n) is 6.94. The number of aromatic amines is 1. The van der Waals surface area contributed by atoms with Gasteiger partial charge in [-0.25, -0.2) is 0 Å². The van der Waals surface area contributed by atoms with Crippen LogP contribution in [0.1, 0.15) is 5.56 Å². The van der Waals surface area contributed by atoms with Crippen LogP contribution in [0.3, 0.4) is 0 Å². The van der Waals surface area contributed by atoms with E-state index in [1.807, 2.05) is 13.1 Å². The molecule has 2 N–H and O–H groups in total. The quantitative estimate of drug-likeness (QED) is 0.490. The van der Waals surface area contributed by atoms with Gasteiger partial charge in [-0.05, 0) is 12.1 Å². The number of benzene rings is 3. The Balaban J connectivity index is 2.23. The van der Waals surface area contributed by atoms with Gasteiger partial charge >= 0.3 is 0 Å². The second kappa shape index (κ2) is 4.29. The van der Waals surface area contributed by atoms with Gasteiger partial charge in [-0.15, -0.1) is 6.42 Å². The molecular formula is C19H14N2. The molecule has 0 amide bonds. The summed E-state index contributed by atoms with van der Waals surface area (Å²) in [5, 5.41) is 8.06. The first kappa shape index (κ1) is 11.9. The molecule has 2 nitrogen and oxygen atoms in total. The maximum Gasteiger partial charge on any atom is 0.0577 e. The van der Waals surface area contributed by atoms with Crippen molar-refractivity contribution in [2.24, 2.45) is 0 Å². The zero-order chi connectivity index (χ0) is 14.4. The number of para-hydroxylation sites is 1. The molecule has 0 aliphatic carbocycles. The van der Waals surface area contributed by atoms with Gasteiger partial charge in [-0.2, -0.15) is 0 Å². The number of fused-ring (bicyclic) bond motifs is 5. The molecule has 4 rings (SSSR count). The molecule has 0 aliphatic heterocycles. The fourth-order valence-electron chi connectivity index (χ4n) is 3.12. The molecule has 0 saturated heterocycles. The molecule has 1 aromatic heterocycles. The van der Waals surface area contributed by atoms with E-state index in [0.717, 1.165) is 27.7 Å². The van der Waals surface area contributed by atoms with Gasteiger partial charge in [0, 0.05) is 39.7 Å². The van der Waals surface area contributed by atoms with Crippen LogP contribution in [0.5, 0.6) is 0 Å². The highest BCUT2D eigenvalue weighted by molar-refractivity contribution is 6.19. The number of nitrogens with one attached hydrogen (secondary N) is 2. The second-order valence-corrected chi connectivity index (χ2v) is 5.14. The van der Waals surface area contributed by atoms with E-state index in [-0.39, 0.29) is 0 Å². The molecule has 1 heterocycles. The molecule has 0 saturated carbocycles. The third-order valence-electron chi connectivity index (χ3n) is 4.08. The zero-order valence-corrected chi connectivity index (χ0v) is 11.7. The van der Waals surface area contributed by atoms with Crippen LogP contribution in [-0.2, 0) is 0 Å². The predicted molar refractivity (Wildman–Crippen MR) is 90.8 cm³/mol. The summed E-state index contributed by atoms with van der Waals surface area (Å²) in [5.74, 6) is 2.74. The normalized spacial score (nSPS) is 11.0. The minimum absolute atomic E-state index is 0.889. The molecule has 0 fully saturated rings. The molecule has 0 aliphatic rings. The summed E-state index contributed by atoms with van der Waals surface area (Å²) in [5.41, 5.74) is 4.22. The molecule has 0 bridgehead atoms.